The summed E-state index contributed by atoms with van der Waals surface area (Å²) >= 11 is 0. The van der Waals surface area contributed by atoms with Gasteiger partial charge in [0.15, 0.2) is 0 Å². The van der Waals surface area contributed by atoms with Crippen molar-refractivity contribution >= 4 is 11.6 Å². The number of benzene rings is 1. The minimum atomic E-state index is -0.296. The average molecular weight is 307 g/mol. The van der Waals surface area contributed by atoms with Gasteiger partial charge < -0.3 is 10.2 Å². The predicted molar refractivity (Wildman–Crippen MR) is 87.4 cm³/mol. The third-order valence-corrected chi connectivity index (χ3v) is 3.98. The molecule has 1 saturated heterocycles. The minimum absolute atomic E-state index is 0.0396. The molecule has 1 aliphatic rings. The first-order chi connectivity index (χ1) is 10.5. The number of hydrogen-bond donors (Lipinski definition) is 1. The number of piperazine rings is 1. The van der Waals surface area contributed by atoms with E-state index in [0.29, 0.717) is 12.2 Å². The molecule has 5 heteroatoms. The molecule has 0 aliphatic carbocycles. The fraction of sp³-hybridized carbons (Fsp3) is 0.588. The zero-order valence-corrected chi connectivity index (χ0v) is 13.5. The number of carbonyl (C=O) groups excluding carboxylic acids is 1. The van der Waals surface area contributed by atoms with Crippen LogP contribution in [0.3, 0.4) is 0 Å². The molecule has 0 radical (unpaired) electrons. The van der Waals surface area contributed by atoms with Crippen molar-refractivity contribution in [3.05, 3.63) is 30.1 Å². The van der Waals surface area contributed by atoms with E-state index in [0.717, 1.165) is 38.6 Å². The molecule has 0 unspecified atom stereocenters. The molecule has 0 aromatic heterocycles. The molecule has 0 saturated carbocycles. The quantitative estimate of drug-likeness (QED) is 0.877. The monoisotopic (exact) mass is 307 g/mol. The highest BCUT2D eigenvalue weighted by molar-refractivity contribution is 5.92. The summed E-state index contributed by atoms with van der Waals surface area (Å²) < 4.78 is 12.8. The van der Waals surface area contributed by atoms with Crippen LogP contribution in [0.15, 0.2) is 24.3 Å². The van der Waals surface area contributed by atoms with Crippen LogP contribution in [-0.4, -0.2) is 55.0 Å². The van der Waals surface area contributed by atoms with Gasteiger partial charge >= 0.3 is 0 Å². The van der Waals surface area contributed by atoms with Crippen molar-refractivity contribution in [1.29, 1.82) is 0 Å². The van der Waals surface area contributed by atoms with Gasteiger partial charge in [-0.15, -0.1) is 0 Å². The summed E-state index contributed by atoms with van der Waals surface area (Å²) in [5.74, 6) is 0.400. The summed E-state index contributed by atoms with van der Waals surface area (Å²) in [5, 5.41) is 2.81. The van der Waals surface area contributed by atoms with Gasteiger partial charge in [0.1, 0.15) is 5.82 Å². The lowest BCUT2D eigenvalue weighted by atomic mass is 10.1. The molecule has 1 aromatic carbocycles. The third kappa shape index (κ3) is 5.73. The molecule has 4 nitrogen and oxygen atoms in total. The van der Waals surface area contributed by atoms with Crippen LogP contribution >= 0.6 is 0 Å². The second-order valence-electron chi connectivity index (χ2n) is 6.36. The smallest absolute Gasteiger partial charge is 0.238 e. The Morgan fingerprint density at radius 3 is 2.32 bits per heavy atom. The summed E-state index contributed by atoms with van der Waals surface area (Å²) in [6.45, 7) is 9.94. The lowest BCUT2D eigenvalue weighted by Gasteiger charge is -2.34. The Balaban J connectivity index is 1.69. The van der Waals surface area contributed by atoms with Crippen LogP contribution in [-0.2, 0) is 4.79 Å². The molecule has 1 amide bonds. The van der Waals surface area contributed by atoms with E-state index in [-0.39, 0.29) is 11.7 Å². The molecule has 122 valence electrons. The lowest BCUT2D eigenvalue weighted by Crippen LogP contribution is -2.48. The van der Waals surface area contributed by atoms with E-state index in [1.807, 2.05) is 0 Å². The maximum atomic E-state index is 12.8. The Bertz CT molecular complexity index is 467. The molecule has 1 heterocycles. The highest BCUT2D eigenvalue weighted by Crippen LogP contribution is 2.09. The normalized spacial score (nSPS) is 16.9. The number of anilines is 1. The van der Waals surface area contributed by atoms with Crippen molar-refractivity contribution in [3.63, 3.8) is 0 Å². The van der Waals surface area contributed by atoms with Gasteiger partial charge in [-0.1, -0.05) is 13.8 Å². The lowest BCUT2D eigenvalue weighted by molar-refractivity contribution is -0.117. The van der Waals surface area contributed by atoms with Crippen molar-refractivity contribution in [2.24, 2.45) is 5.92 Å². The standard InChI is InChI=1S/C17H26FN3O/c1-14(2)7-8-20-9-11-21(12-10-20)13-17(22)19-16-5-3-15(18)4-6-16/h3-6,14H,7-13H2,1-2H3,(H,19,22). The largest absolute Gasteiger partial charge is 0.325 e. The molecular formula is C17H26FN3O. The Hall–Kier alpha value is -1.46. The van der Waals surface area contributed by atoms with Crippen molar-refractivity contribution in [2.45, 2.75) is 20.3 Å². The van der Waals surface area contributed by atoms with E-state index >= 15 is 0 Å². The van der Waals surface area contributed by atoms with Crippen LogP contribution in [0.1, 0.15) is 20.3 Å². The maximum Gasteiger partial charge on any atom is 0.238 e. The zero-order chi connectivity index (χ0) is 15.9. The van der Waals surface area contributed by atoms with Crippen LogP contribution in [0.4, 0.5) is 10.1 Å². The number of carbonyl (C=O) groups is 1. The van der Waals surface area contributed by atoms with E-state index in [9.17, 15) is 9.18 Å². The second kappa shape index (κ2) is 8.25. The molecule has 1 aromatic rings. The molecule has 2 rings (SSSR count). The number of nitrogens with zero attached hydrogens (tertiary/aromatic N) is 2. The summed E-state index contributed by atoms with van der Waals surface area (Å²) in [7, 11) is 0. The second-order valence-corrected chi connectivity index (χ2v) is 6.36. The molecule has 22 heavy (non-hydrogen) atoms. The number of hydrogen-bond acceptors (Lipinski definition) is 3. The molecule has 1 N–H and O–H groups in total. The summed E-state index contributed by atoms with van der Waals surface area (Å²) in [6, 6.07) is 5.86. The van der Waals surface area contributed by atoms with Crippen LogP contribution < -0.4 is 5.32 Å². The topological polar surface area (TPSA) is 35.6 Å². The van der Waals surface area contributed by atoms with Crippen LogP contribution in [0.5, 0.6) is 0 Å². The summed E-state index contributed by atoms with van der Waals surface area (Å²) in [6.07, 6.45) is 1.23. The Morgan fingerprint density at radius 1 is 1.14 bits per heavy atom. The Kier molecular flexibility index (Phi) is 6.34. The fourth-order valence-electron chi connectivity index (χ4n) is 2.55. The van der Waals surface area contributed by atoms with Crippen molar-refractivity contribution in [3.8, 4) is 0 Å². The van der Waals surface area contributed by atoms with E-state index in [2.05, 4.69) is 29.0 Å². The molecule has 0 bridgehead atoms. The highest BCUT2D eigenvalue weighted by Gasteiger charge is 2.18. The molecule has 1 fully saturated rings. The average Bonchev–Trinajstić information content (AvgIpc) is 2.49. The number of halogens is 1. The van der Waals surface area contributed by atoms with Gasteiger partial charge in [-0.2, -0.15) is 0 Å². The van der Waals surface area contributed by atoms with E-state index in [1.54, 1.807) is 12.1 Å². The van der Waals surface area contributed by atoms with Crippen molar-refractivity contribution in [2.75, 3.05) is 44.6 Å². The van der Waals surface area contributed by atoms with Gasteiger partial charge in [-0.25, -0.2) is 4.39 Å². The SMILES string of the molecule is CC(C)CCN1CCN(CC(=O)Nc2ccc(F)cc2)CC1. The molecule has 0 atom stereocenters. The molecule has 0 spiro atoms. The number of rotatable bonds is 6. The van der Waals surface area contributed by atoms with Gasteiger partial charge in [0.2, 0.25) is 5.91 Å². The van der Waals surface area contributed by atoms with Crippen molar-refractivity contribution < 1.29 is 9.18 Å². The van der Waals surface area contributed by atoms with E-state index in [1.165, 1.54) is 18.6 Å². The predicted octanol–water partition coefficient (Wildman–Crippen LogP) is 2.43. The Morgan fingerprint density at radius 2 is 1.73 bits per heavy atom. The summed E-state index contributed by atoms with van der Waals surface area (Å²) in [4.78, 5) is 16.6. The van der Waals surface area contributed by atoms with E-state index < -0.39 is 0 Å². The fourth-order valence-corrected chi connectivity index (χ4v) is 2.55. The van der Waals surface area contributed by atoms with Crippen molar-refractivity contribution in [1.82, 2.24) is 9.80 Å². The van der Waals surface area contributed by atoms with E-state index in [4.69, 9.17) is 0 Å². The molecular weight excluding hydrogens is 281 g/mol. The van der Waals surface area contributed by atoms with Gasteiger partial charge in [-0.3, -0.25) is 9.69 Å². The maximum absolute atomic E-state index is 12.8. The number of amides is 1. The first-order valence-corrected chi connectivity index (χ1v) is 8.03. The highest BCUT2D eigenvalue weighted by atomic mass is 19.1. The van der Waals surface area contributed by atoms with Crippen LogP contribution in [0.2, 0.25) is 0 Å². The first-order valence-electron chi connectivity index (χ1n) is 8.03. The Labute approximate surface area is 132 Å². The first kappa shape index (κ1) is 16.9. The minimum Gasteiger partial charge on any atom is -0.325 e. The molecule has 1 aliphatic heterocycles. The number of nitrogens with one attached hydrogen (secondary N) is 1. The van der Waals surface area contributed by atoms with Gasteiger partial charge in [0, 0.05) is 31.9 Å². The van der Waals surface area contributed by atoms with Gasteiger partial charge in [0.05, 0.1) is 6.54 Å². The van der Waals surface area contributed by atoms with Gasteiger partial charge in [0.25, 0.3) is 0 Å². The summed E-state index contributed by atoms with van der Waals surface area (Å²) in [5.41, 5.74) is 0.641. The van der Waals surface area contributed by atoms with Crippen LogP contribution in [0.25, 0.3) is 0 Å². The van der Waals surface area contributed by atoms with Gasteiger partial charge in [-0.05, 0) is 43.1 Å². The zero-order valence-electron chi connectivity index (χ0n) is 13.5. The van der Waals surface area contributed by atoms with Crippen LogP contribution in [0, 0.1) is 11.7 Å². The third-order valence-electron chi connectivity index (χ3n) is 3.98.